The second kappa shape index (κ2) is 7.88. The molecule has 2 fully saturated rings. The lowest BCUT2D eigenvalue weighted by atomic mass is 9.93. The first kappa shape index (κ1) is 17.2. The van der Waals surface area contributed by atoms with Crippen molar-refractivity contribution in [2.45, 2.75) is 75.3 Å². The van der Waals surface area contributed by atoms with Crippen molar-refractivity contribution in [3.05, 3.63) is 16.8 Å². The average molecular weight is 363 g/mol. The smallest absolute Gasteiger partial charge is 0.0871 e. The zero-order valence-electron chi connectivity index (χ0n) is 12.1. The van der Waals surface area contributed by atoms with E-state index in [2.05, 4.69) is 21.7 Å². The van der Waals surface area contributed by atoms with E-state index in [-0.39, 0.29) is 24.7 Å². The normalized spacial score (nSPS) is 41.4. The van der Waals surface area contributed by atoms with Crippen LogP contribution in [0, 0.1) is 0 Å². The minimum atomic E-state index is -0.905. The van der Waals surface area contributed by atoms with Gasteiger partial charge in [-0.3, -0.25) is 0 Å². The molecule has 2 heterocycles. The van der Waals surface area contributed by atoms with Crippen LogP contribution in [-0.2, 0) is 9.47 Å². The molecule has 2 aliphatic rings. The van der Waals surface area contributed by atoms with Crippen molar-refractivity contribution in [2.24, 2.45) is 0 Å². The third-order valence-electron chi connectivity index (χ3n) is 4.16. The molecule has 0 amide bonds. The molecular formula is C15H23BrO5. The van der Waals surface area contributed by atoms with Crippen LogP contribution in [-0.4, -0.2) is 58.0 Å². The molecule has 2 saturated heterocycles. The summed E-state index contributed by atoms with van der Waals surface area (Å²) in [7, 11) is 0. The Hall–Kier alpha value is -0.200. The summed E-state index contributed by atoms with van der Waals surface area (Å²) < 4.78 is 11.8. The first-order chi connectivity index (χ1) is 10.0. The molecule has 0 aromatic rings. The number of halogens is 1. The Labute approximate surface area is 133 Å². The highest BCUT2D eigenvalue weighted by Crippen LogP contribution is 2.32. The Balaban J connectivity index is 2.11. The zero-order valence-corrected chi connectivity index (χ0v) is 13.6. The zero-order chi connectivity index (χ0) is 15.4. The molecule has 5 nitrogen and oxygen atoms in total. The van der Waals surface area contributed by atoms with Crippen molar-refractivity contribution in [3.63, 3.8) is 0 Å². The number of ether oxygens (including phenoxy) is 2. The molecule has 120 valence electrons. The first-order valence-corrected chi connectivity index (χ1v) is 8.33. The summed E-state index contributed by atoms with van der Waals surface area (Å²) in [6.07, 6.45) is 0.0948. The summed E-state index contributed by atoms with van der Waals surface area (Å²) in [5.41, 5.74) is 2.92. The fourth-order valence-corrected chi connectivity index (χ4v) is 3.08. The molecule has 0 radical (unpaired) electrons. The highest BCUT2D eigenvalue weighted by atomic mass is 79.9. The fraction of sp³-hybridized carbons (Fsp3) is 0.800. The van der Waals surface area contributed by atoms with Gasteiger partial charge >= 0.3 is 0 Å². The van der Waals surface area contributed by atoms with Gasteiger partial charge in [0.2, 0.25) is 0 Å². The molecule has 0 saturated carbocycles. The van der Waals surface area contributed by atoms with Crippen LogP contribution >= 0.6 is 15.9 Å². The molecule has 0 aromatic heterocycles. The Kier molecular flexibility index (Phi) is 6.44. The van der Waals surface area contributed by atoms with Crippen LogP contribution < -0.4 is 0 Å². The van der Waals surface area contributed by atoms with Crippen LogP contribution in [0.5, 0.6) is 0 Å². The number of fused-ring (bicyclic) bond motifs is 1. The number of aliphatic hydroxyl groups excluding tert-OH is 3. The minimum Gasteiger partial charge on any atom is -0.390 e. The van der Waals surface area contributed by atoms with Gasteiger partial charge in [-0.05, 0) is 12.5 Å². The Bertz CT molecular complexity index is 396. The maximum atomic E-state index is 10.1. The van der Waals surface area contributed by atoms with Crippen molar-refractivity contribution in [1.29, 1.82) is 0 Å². The van der Waals surface area contributed by atoms with E-state index < -0.39 is 24.4 Å². The predicted molar refractivity (Wildman–Crippen MR) is 81.1 cm³/mol. The largest absolute Gasteiger partial charge is 0.390 e. The van der Waals surface area contributed by atoms with Gasteiger partial charge in [-0.15, -0.1) is 5.73 Å². The molecule has 0 unspecified atom stereocenters. The predicted octanol–water partition coefficient (Wildman–Crippen LogP) is 1.25. The standard InChI is InChI=1S/C15H23BrO5/c1-2-10(17)13-7-11(18)12(19)8-15-14(21-13)6-9(20-15)4-3-5-16/h4-5,9-15,17-19H,2,6-8H2,1H3/t3?,9-,10-,11-,12-,13-,14-,15-/m1/s1. The van der Waals surface area contributed by atoms with Gasteiger partial charge in [-0.1, -0.05) is 22.9 Å². The molecule has 2 aliphatic heterocycles. The summed E-state index contributed by atoms with van der Waals surface area (Å²) in [6.45, 7) is 1.87. The number of rotatable bonds is 3. The van der Waals surface area contributed by atoms with Gasteiger partial charge in [-0.25, -0.2) is 0 Å². The van der Waals surface area contributed by atoms with Crippen molar-refractivity contribution in [3.8, 4) is 0 Å². The van der Waals surface area contributed by atoms with Crippen LogP contribution in [0.2, 0.25) is 0 Å². The van der Waals surface area contributed by atoms with Gasteiger partial charge in [-0.2, -0.15) is 0 Å². The molecule has 0 bridgehead atoms. The van der Waals surface area contributed by atoms with Crippen molar-refractivity contribution in [2.75, 3.05) is 0 Å². The quantitative estimate of drug-likeness (QED) is 0.658. The molecule has 3 N–H and O–H groups in total. The van der Waals surface area contributed by atoms with Crippen molar-refractivity contribution >= 4 is 15.9 Å². The third-order valence-corrected chi connectivity index (χ3v) is 4.43. The summed E-state index contributed by atoms with van der Waals surface area (Å²) in [5, 5.41) is 30.1. The first-order valence-electron chi connectivity index (χ1n) is 7.41. The molecule has 21 heavy (non-hydrogen) atoms. The van der Waals surface area contributed by atoms with Gasteiger partial charge in [0.15, 0.2) is 0 Å². The van der Waals surface area contributed by atoms with Gasteiger partial charge < -0.3 is 24.8 Å². The highest BCUT2D eigenvalue weighted by Gasteiger charge is 2.42. The van der Waals surface area contributed by atoms with E-state index in [9.17, 15) is 15.3 Å². The second-order valence-corrected chi connectivity index (χ2v) is 6.14. The maximum Gasteiger partial charge on any atom is 0.0871 e. The molecule has 0 aliphatic carbocycles. The molecule has 0 spiro atoms. The van der Waals surface area contributed by atoms with Crippen LogP contribution in [0.25, 0.3) is 0 Å². The van der Waals surface area contributed by atoms with E-state index in [0.717, 1.165) is 0 Å². The van der Waals surface area contributed by atoms with Crippen molar-refractivity contribution < 1.29 is 24.8 Å². The van der Waals surface area contributed by atoms with E-state index in [1.165, 1.54) is 0 Å². The lowest BCUT2D eigenvalue weighted by Crippen LogP contribution is -2.45. The fourth-order valence-electron chi connectivity index (χ4n) is 2.93. The second-order valence-electron chi connectivity index (χ2n) is 5.69. The highest BCUT2D eigenvalue weighted by molar-refractivity contribution is 9.11. The van der Waals surface area contributed by atoms with Gasteiger partial charge in [0, 0.05) is 24.2 Å². The lowest BCUT2D eigenvalue weighted by Gasteiger charge is -2.34. The number of aliphatic hydroxyl groups is 3. The van der Waals surface area contributed by atoms with E-state index in [1.807, 2.05) is 6.92 Å². The van der Waals surface area contributed by atoms with Crippen LogP contribution in [0.1, 0.15) is 32.6 Å². The number of hydrogen-bond donors (Lipinski definition) is 3. The monoisotopic (exact) mass is 362 g/mol. The molecule has 2 rings (SSSR count). The van der Waals surface area contributed by atoms with E-state index in [4.69, 9.17) is 9.47 Å². The topological polar surface area (TPSA) is 79.2 Å². The van der Waals surface area contributed by atoms with Crippen LogP contribution in [0.15, 0.2) is 16.8 Å². The minimum absolute atomic E-state index is 0.129. The van der Waals surface area contributed by atoms with Gasteiger partial charge in [0.25, 0.3) is 0 Å². The maximum absolute atomic E-state index is 10.1. The molecule has 6 heteroatoms. The summed E-state index contributed by atoms with van der Waals surface area (Å²) in [6, 6.07) is 0. The average Bonchev–Trinajstić information content (AvgIpc) is 2.83. The summed E-state index contributed by atoms with van der Waals surface area (Å²) >= 11 is 3.15. The van der Waals surface area contributed by atoms with Crippen LogP contribution in [0.3, 0.4) is 0 Å². The Morgan fingerprint density at radius 2 is 1.86 bits per heavy atom. The molecule has 7 atom stereocenters. The summed E-state index contributed by atoms with van der Waals surface area (Å²) in [5.74, 6) is 0. The molecule has 0 aromatic carbocycles. The van der Waals surface area contributed by atoms with Crippen LogP contribution in [0.4, 0.5) is 0 Å². The Morgan fingerprint density at radius 3 is 2.52 bits per heavy atom. The van der Waals surface area contributed by atoms with E-state index >= 15 is 0 Å². The van der Waals surface area contributed by atoms with Gasteiger partial charge in [0.1, 0.15) is 0 Å². The SMILES string of the molecule is CC[C@@H](O)[C@H]1C[C@@H](O)[C@H](O)C[C@H]2O[C@H](C=C=CBr)C[C@H]2O1. The van der Waals surface area contributed by atoms with E-state index in [1.54, 1.807) is 11.1 Å². The Morgan fingerprint density at radius 1 is 1.19 bits per heavy atom. The lowest BCUT2D eigenvalue weighted by molar-refractivity contribution is -0.149. The number of hydrogen-bond acceptors (Lipinski definition) is 5. The van der Waals surface area contributed by atoms with E-state index in [0.29, 0.717) is 19.3 Å². The van der Waals surface area contributed by atoms with Crippen molar-refractivity contribution in [1.82, 2.24) is 0 Å². The third kappa shape index (κ3) is 4.39. The molecular weight excluding hydrogens is 340 g/mol. The van der Waals surface area contributed by atoms with Gasteiger partial charge in [0.05, 0.1) is 42.7 Å². The summed E-state index contributed by atoms with van der Waals surface area (Å²) in [4.78, 5) is 1.62.